The van der Waals surface area contributed by atoms with Crippen molar-refractivity contribution in [1.82, 2.24) is 5.32 Å². The van der Waals surface area contributed by atoms with Crippen LogP contribution in [0.5, 0.6) is 0 Å². The van der Waals surface area contributed by atoms with Gasteiger partial charge in [0.25, 0.3) is 0 Å². The molecule has 1 amide bonds. The van der Waals surface area contributed by atoms with Crippen LogP contribution in [-0.4, -0.2) is 25.3 Å². The zero-order valence-corrected chi connectivity index (χ0v) is 7.92. The summed E-state index contributed by atoms with van der Waals surface area (Å²) < 4.78 is 4.82. The SMILES string of the molecule is NCCOC(=O)NC1CCCCC1.[HH]. The molecular weight excluding hydrogens is 168 g/mol. The van der Waals surface area contributed by atoms with Gasteiger partial charge in [-0.2, -0.15) is 0 Å². The van der Waals surface area contributed by atoms with Gasteiger partial charge >= 0.3 is 6.09 Å². The first kappa shape index (κ1) is 10.3. The normalized spacial score (nSPS) is 18.2. The minimum Gasteiger partial charge on any atom is -0.448 e. The van der Waals surface area contributed by atoms with Gasteiger partial charge in [0, 0.05) is 14.0 Å². The van der Waals surface area contributed by atoms with Gasteiger partial charge in [-0.25, -0.2) is 4.79 Å². The number of carbonyl (C=O) groups excluding carboxylic acids is 1. The highest BCUT2D eigenvalue weighted by Crippen LogP contribution is 2.17. The molecule has 0 aromatic heterocycles. The summed E-state index contributed by atoms with van der Waals surface area (Å²) in [5.74, 6) is 0. The van der Waals surface area contributed by atoms with E-state index in [-0.39, 0.29) is 7.52 Å². The van der Waals surface area contributed by atoms with E-state index in [1.165, 1.54) is 19.3 Å². The minimum atomic E-state index is -0.322. The maximum Gasteiger partial charge on any atom is 0.407 e. The van der Waals surface area contributed by atoms with Crippen molar-refractivity contribution in [3.63, 3.8) is 0 Å². The van der Waals surface area contributed by atoms with Gasteiger partial charge in [0.1, 0.15) is 6.61 Å². The van der Waals surface area contributed by atoms with Crippen molar-refractivity contribution in [2.24, 2.45) is 5.73 Å². The minimum absolute atomic E-state index is 0. The molecule has 0 radical (unpaired) electrons. The van der Waals surface area contributed by atoms with E-state index >= 15 is 0 Å². The van der Waals surface area contributed by atoms with Crippen LogP contribution in [0.3, 0.4) is 0 Å². The Hall–Kier alpha value is -0.770. The first-order chi connectivity index (χ1) is 6.33. The van der Waals surface area contributed by atoms with E-state index in [0.29, 0.717) is 19.2 Å². The van der Waals surface area contributed by atoms with Gasteiger partial charge in [-0.05, 0) is 12.8 Å². The number of rotatable bonds is 3. The number of hydrogen-bond acceptors (Lipinski definition) is 3. The van der Waals surface area contributed by atoms with Gasteiger partial charge < -0.3 is 15.8 Å². The molecule has 0 heterocycles. The van der Waals surface area contributed by atoms with E-state index < -0.39 is 0 Å². The topological polar surface area (TPSA) is 64.3 Å². The molecule has 78 valence electrons. The Kier molecular flexibility index (Phi) is 4.60. The van der Waals surface area contributed by atoms with E-state index in [0.717, 1.165) is 12.8 Å². The molecule has 0 atom stereocenters. The molecule has 3 N–H and O–H groups in total. The quantitative estimate of drug-likeness (QED) is 0.700. The zero-order valence-electron chi connectivity index (χ0n) is 7.92. The maximum atomic E-state index is 11.1. The number of nitrogens with two attached hydrogens (primary N) is 1. The first-order valence-electron chi connectivity index (χ1n) is 4.96. The number of carbonyl (C=O) groups is 1. The third kappa shape index (κ3) is 4.12. The van der Waals surface area contributed by atoms with Crippen molar-refractivity contribution >= 4 is 6.09 Å². The molecule has 13 heavy (non-hydrogen) atoms. The summed E-state index contributed by atoms with van der Waals surface area (Å²) in [4.78, 5) is 11.1. The number of amides is 1. The smallest absolute Gasteiger partial charge is 0.407 e. The number of alkyl carbamates (subject to hydrolysis) is 1. The highest BCUT2D eigenvalue weighted by Gasteiger charge is 2.15. The average molecular weight is 188 g/mol. The van der Waals surface area contributed by atoms with Gasteiger partial charge in [0.2, 0.25) is 0 Å². The number of hydrogen-bond donors (Lipinski definition) is 2. The summed E-state index contributed by atoms with van der Waals surface area (Å²) in [6, 6.07) is 0.319. The molecule has 0 aromatic carbocycles. The van der Waals surface area contributed by atoms with Gasteiger partial charge in [-0.15, -0.1) is 0 Å². The van der Waals surface area contributed by atoms with Gasteiger partial charge in [-0.1, -0.05) is 19.3 Å². The molecule has 0 unspecified atom stereocenters. The summed E-state index contributed by atoms with van der Waals surface area (Å²) in [6.07, 6.45) is 5.55. The van der Waals surface area contributed by atoms with E-state index in [2.05, 4.69) is 5.32 Å². The largest absolute Gasteiger partial charge is 0.448 e. The summed E-state index contributed by atoms with van der Waals surface area (Å²) in [5.41, 5.74) is 5.20. The third-order valence-corrected chi connectivity index (χ3v) is 2.28. The lowest BCUT2D eigenvalue weighted by Gasteiger charge is -2.22. The first-order valence-corrected chi connectivity index (χ1v) is 4.96. The summed E-state index contributed by atoms with van der Waals surface area (Å²) in [7, 11) is 0. The predicted octanol–water partition coefficient (Wildman–Crippen LogP) is 1.25. The molecule has 1 rings (SSSR count). The lowest BCUT2D eigenvalue weighted by Crippen LogP contribution is -2.37. The number of nitrogens with one attached hydrogen (secondary N) is 1. The summed E-state index contributed by atoms with van der Waals surface area (Å²) in [5, 5.41) is 2.84. The van der Waals surface area contributed by atoms with Crippen LogP contribution < -0.4 is 11.1 Å². The standard InChI is InChI=1S/C9H18N2O2.H2/c10-6-7-13-9(12)11-8-4-2-1-3-5-8;/h8H,1-7,10H2,(H,11,12);1H. The molecular formula is C9H20N2O2. The molecule has 1 fully saturated rings. The second kappa shape index (κ2) is 5.80. The van der Waals surface area contributed by atoms with Crippen LogP contribution in [-0.2, 0) is 4.74 Å². The Morgan fingerprint density at radius 1 is 1.46 bits per heavy atom. The number of ether oxygens (including phenoxy) is 1. The van der Waals surface area contributed by atoms with Crippen molar-refractivity contribution < 1.29 is 11.0 Å². The molecule has 0 spiro atoms. The Labute approximate surface area is 80.3 Å². The molecule has 0 bridgehead atoms. The molecule has 4 heteroatoms. The lowest BCUT2D eigenvalue weighted by molar-refractivity contribution is 0.142. The Morgan fingerprint density at radius 3 is 2.77 bits per heavy atom. The van der Waals surface area contributed by atoms with Gasteiger partial charge in [0.15, 0.2) is 0 Å². The Bertz CT molecular complexity index is 161. The van der Waals surface area contributed by atoms with E-state index in [9.17, 15) is 4.79 Å². The summed E-state index contributed by atoms with van der Waals surface area (Å²) in [6.45, 7) is 0.691. The predicted molar refractivity (Wildman–Crippen MR) is 52.5 cm³/mol. The van der Waals surface area contributed by atoms with Crippen LogP contribution in [0.4, 0.5) is 4.79 Å². The fourth-order valence-electron chi connectivity index (χ4n) is 1.61. The summed E-state index contributed by atoms with van der Waals surface area (Å²) >= 11 is 0. The van der Waals surface area contributed by atoms with Gasteiger partial charge in [0.05, 0.1) is 0 Å². The van der Waals surface area contributed by atoms with Crippen LogP contribution in [0.15, 0.2) is 0 Å². The van der Waals surface area contributed by atoms with Crippen molar-refractivity contribution in [2.45, 2.75) is 38.1 Å². The monoisotopic (exact) mass is 188 g/mol. The second-order valence-electron chi connectivity index (χ2n) is 3.40. The molecule has 0 aliphatic heterocycles. The van der Waals surface area contributed by atoms with Crippen LogP contribution in [0.1, 0.15) is 33.5 Å². The van der Waals surface area contributed by atoms with Crippen molar-refractivity contribution in [2.75, 3.05) is 13.2 Å². The van der Waals surface area contributed by atoms with E-state index in [1.807, 2.05) is 0 Å². The highest BCUT2D eigenvalue weighted by molar-refractivity contribution is 5.67. The van der Waals surface area contributed by atoms with Crippen LogP contribution >= 0.6 is 0 Å². The average Bonchev–Trinajstić information content (AvgIpc) is 2.16. The highest BCUT2D eigenvalue weighted by atomic mass is 16.5. The van der Waals surface area contributed by atoms with Gasteiger partial charge in [-0.3, -0.25) is 0 Å². The maximum absolute atomic E-state index is 11.1. The molecule has 1 saturated carbocycles. The van der Waals surface area contributed by atoms with E-state index in [4.69, 9.17) is 10.5 Å². The molecule has 1 aliphatic carbocycles. The third-order valence-electron chi connectivity index (χ3n) is 2.28. The van der Waals surface area contributed by atoms with Crippen molar-refractivity contribution in [3.8, 4) is 0 Å². The molecule has 4 nitrogen and oxygen atoms in total. The zero-order chi connectivity index (χ0) is 9.52. The fourth-order valence-corrected chi connectivity index (χ4v) is 1.61. The van der Waals surface area contributed by atoms with Crippen molar-refractivity contribution in [1.29, 1.82) is 0 Å². The van der Waals surface area contributed by atoms with Crippen LogP contribution in [0.25, 0.3) is 0 Å². The molecule has 1 aliphatic rings. The second-order valence-corrected chi connectivity index (χ2v) is 3.40. The molecule has 0 aromatic rings. The molecule has 0 saturated heterocycles. The fraction of sp³-hybridized carbons (Fsp3) is 0.889. The van der Waals surface area contributed by atoms with Crippen LogP contribution in [0, 0.1) is 0 Å². The van der Waals surface area contributed by atoms with Crippen LogP contribution in [0.2, 0.25) is 0 Å². The lowest BCUT2D eigenvalue weighted by atomic mass is 9.96. The van der Waals surface area contributed by atoms with Crippen molar-refractivity contribution in [3.05, 3.63) is 0 Å². The Balaban J connectivity index is 0.00000169. The Morgan fingerprint density at radius 2 is 2.15 bits per heavy atom. The van der Waals surface area contributed by atoms with E-state index in [1.54, 1.807) is 0 Å².